The van der Waals surface area contributed by atoms with Crippen LogP contribution in [0.2, 0.25) is 5.02 Å². The van der Waals surface area contributed by atoms with E-state index in [-0.39, 0.29) is 5.91 Å². The molecule has 24 heavy (non-hydrogen) atoms. The van der Waals surface area contributed by atoms with Gasteiger partial charge in [-0.25, -0.2) is 0 Å². The lowest BCUT2D eigenvalue weighted by Gasteiger charge is -2.28. The lowest BCUT2D eigenvalue weighted by molar-refractivity contribution is 0.102. The molecule has 1 N–H and O–H groups in total. The molecule has 2 heterocycles. The largest absolute Gasteiger partial charge is 0.495 e. The van der Waals surface area contributed by atoms with Crippen LogP contribution in [0.1, 0.15) is 10.5 Å². The van der Waals surface area contributed by atoms with Gasteiger partial charge in [-0.15, -0.1) is 0 Å². The third-order valence-electron chi connectivity index (χ3n) is 3.76. The molecule has 0 bridgehead atoms. The first-order valence-corrected chi connectivity index (χ1v) is 7.99. The predicted molar refractivity (Wildman–Crippen MR) is 93.2 cm³/mol. The van der Waals surface area contributed by atoms with Crippen molar-refractivity contribution in [2.75, 3.05) is 43.6 Å². The topological polar surface area (TPSA) is 63.7 Å². The zero-order chi connectivity index (χ0) is 16.9. The highest BCUT2D eigenvalue weighted by Gasteiger charge is 2.15. The molecule has 0 radical (unpaired) electrons. The number of nitrogens with one attached hydrogen (secondary N) is 1. The van der Waals surface area contributed by atoms with Crippen molar-refractivity contribution < 1.29 is 14.3 Å². The molecule has 0 aliphatic carbocycles. The molecule has 0 atom stereocenters. The summed E-state index contributed by atoms with van der Waals surface area (Å²) < 4.78 is 10.6. The fourth-order valence-electron chi connectivity index (χ4n) is 2.53. The van der Waals surface area contributed by atoms with E-state index in [2.05, 4.69) is 15.2 Å². The summed E-state index contributed by atoms with van der Waals surface area (Å²) in [6, 6.07) is 8.72. The SMILES string of the molecule is COc1ccc(Cl)cc1NC(=O)c1cc(N2CCOCC2)ccn1. The molecule has 1 amide bonds. The molecule has 6 nitrogen and oxygen atoms in total. The fourth-order valence-corrected chi connectivity index (χ4v) is 2.70. The Hall–Kier alpha value is -2.31. The van der Waals surface area contributed by atoms with E-state index in [0.717, 1.165) is 18.8 Å². The van der Waals surface area contributed by atoms with Gasteiger partial charge in [-0.1, -0.05) is 11.6 Å². The number of aromatic nitrogens is 1. The predicted octanol–water partition coefficient (Wildman–Crippen LogP) is 2.83. The maximum absolute atomic E-state index is 12.5. The number of pyridine rings is 1. The summed E-state index contributed by atoms with van der Waals surface area (Å²) in [4.78, 5) is 18.8. The van der Waals surface area contributed by atoms with Crippen LogP contribution in [0, 0.1) is 0 Å². The minimum atomic E-state index is -0.314. The number of ether oxygens (including phenoxy) is 2. The van der Waals surface area contributed by atoms with Gasteiger partial charge >= 0.3 is 0 Å². The second kappa shape index (κ2) is 7.51. The molecule has 1 saturated heterocycles. The highest BCUT2D eigenvalue weighted by Crippen LogP contribution is 2.28. The fraction of sp³-hybridized carbons (Fsp3) is 0.294. The van der Waals surface area contributed by atoms with Crippen LogP contribution >= 0.6 is 11.6 Å². The van der Waals surface area contributed by atoms with E-state index in [1.165, 1.54) is 7.11 Å². The van der Waals surface area contributed by atoms with Gasteiger partial charge in [-0.05, 0) is 30.3 Å². The summed E-state index contributed by atoms with van der Waals surface area (Å²) in [5.41, 5.74) is 1.80. The van der Waals surface area contributed by atoms with Crippen molar-refractivity contribution in [1.29, 1.82) is 0 Å². The maximum Gasteiger partial charge on any atom is 0.274 e. The first-order valence-electron chi connectivity index (χ1n) is 7.61. The molecule has 1 fully saturated rings. The van der Waals surface area contributed by atoms with Crippen molar-refractivity contribution in [3.05, 3.63) is 47.2 Å². The molecule has 1 aromatic carbocycles. The van der Waals surface area contributed by atoms with E-state index in [1.807, 2.05) is 6.07 Å². The lowest BCUT2D eigenvalue weighted by atomic mass is 10.2. The number of amides is 1. The second-order valence-corrected chi connectivity index (χ2v) is 5.73. The van der Waals surface area contributed by atoms with E-state index in [9.17, 15) is 4.79 Å². The summed E-state index contributed by atoms with van der Waals surface area (Å²) >= 11 is 5.99. The Labute approximate surface area is 145 Å². The number of carbonyl (C=O) groups is 1. The Morgan fingerprint density at radius 3 is 2.83 bits per heavy atom. The summed E-state index contributed by atoms with van der Waals surface area (Å²) in [5.74, 6) is 0.225. The normalized spacial score (nSPS) is 14.3. The van der Waals surface area contributed by atoms with Gasteiger partial charge in [0.25, 0.3) is 5.91 Å². The van der Waals surface area contributed by atoms with E-state index in [1.54, 1.807) is 30.5 Å². The Kier molecular flexibility index (Phi) is 5.17. The van der Waals surface area contributed by atoms with E-state index in [4.69, 9.17) is 21.1 Å². The number of methoxy groups -OCH3 is 1. The molecule has 3 rings (SSSR count). The number of anilines is 2. The molecule has 0 spiro atoms. The number of morpholine rings is 1. The molecule has 0 unspecified atom stereocenters. The van der Waals surface area contributed by atoms with Crippen molar-refractivity contribution in [2.45, 2.75) is 0 Å². The van der Waals surface area contributed by atoms with Crippen molar-refractivity contribution in [1.82, 2.24) is 4.98 Å². The Bertz CT molecular complexity index is 733. The number of halogens is 1. The number of hydrogen-bond donors (Lipinski definition) is 1. The molecule has 1 aliphatic rings. The Balaban J connectivity index is 1.79. The van der Waals surface area contributed by atoms with Gasteiger partial charge in [0.15, 0.2) is 0 Å². The van der Waals surface area contributed by atoms with Crippen molar-refractivity contribution in [2.24, 2.45) is 0 Å². The number of benzene rings is 1. The van der Waals surface area contributed by atoms with Gasteiger partial charge in [-0.2, -0.15) is 0 Å². The van der Waals surface area contributed by atoms with Crippen LogP contribution < -0.4 is 15.0 Å². The van der Waals surface area contributed by atoms with Gasteiger partial charge in [0.05, 0.1) is 26.0 Å². The third-order valence-corrected chi connectivity index (χ3v) is 4.00. The zero-order valence-corrected chi connectivity index (χ0v) is 14.0. The lowest BCUT2D eigenvalue weighted by Crippen LogP contribution is -2.36. The molecule has 1 aromatic heterocycles. The smallest absolute Gasteiger partial charge is 0.274 e. The Morgan fingerprint density at radius 2 is 2.08 bits per heavy atom. The van der Waals surface area contributed by atoms with Crippen LogP contribution in [0.3, 0.4) is 0 Å². The quantitative estimate of drug-likeness (QED) is 0.921. The van der Waals surface area contributed by atoms with Crippen LogP contribution in [0.15, 0.2) is 36.5 Å². The number of carbonyl (C=O) groups excluding carboxylic acids is 1. The van der Waals surface area contributed by atoms with E-state index < -0.39 is 0 Å². The van der Waals surface area contributed by atoms with Crippen molar-refractivity contribution in [3.63, 3.8) is 0 Å². The third kappa shape index (κ3) is 3.77. The summed E-state index contributed by atoms with van der Waals surface area (Å²) in [6.45, 7) is 2.97. The van der Waals surface area contributed by atoms with Gasteiger partial charge in [0, 0.05) is 30.0 Å². The van der Waals surface area contributed by atoms with Crippen molar-refractivity contribution >= 4 is 28.9 Å². The highest BCUT2D eigenvalue weighted by atomic mass is 35.5. The summed E-state index contributed by atoms with van der Waals surface area (Å²) in [6.07, 6.45) is 1.63. The molecule has 7 heteroatoms. The average molecular weight is 348 g/mol. The number of rotatable bonds is 4. The minimum absolute atomic E-state index is 0.314. The van der Waals surface area contributed by atoms with Gasteiger partial charge in [0.1, 0.15) is 11.4 Å². The van der Waals surface area contributed by atoms with E-state index >= 15 is 0 Å². The van der Waals surface area contributed by atoms with Crippen LogP contribution in [0.4, 0.5) is 11.4 Å². The number of nitrogens with zero attached hydrogens (tertiary/aromatic N) is 2. The van der Waals surface area contributed by atoms with E-state index in [0.29, 0.717) is 35.4 Å². The molecule has 1 aliphatic heterocycles. The van der Waals surface area contributed by atoms with Crippen LogP contribution in [0.5, 0.6) is 5.75 Å². The summed E-state index contributed by atoms with van der Waals surface area (Å²) in [5, 5.41) is 3.31. The maximum atomic E-state index is 12.5. The first kappa shape index (κ1) is 16.5. The molecule has 0 saturated carbocycles. The molecular weight excluding hydrogens is 330 g/mol. The van der Waals surface area contributed by atoms with Gasteiger partial charge in [-0.3, -0.25) is 9.78 Å². The molecular formula is C17H18ClN3O3. The Morgan fingerprint density at radius 1 is 1.29 bits per heavy atom. The first-order chi connectivity index (χ1) is 11.7. The minimum Gasteiger partial charge on any atom is -0.495 e. The zero-order valence-electron chi connectivity index (χ0n) is 13.3. The molecule has 2 aromatic rings. The number of hydrogen-bond acceptors (Lipinski definition) is 5. The van der Waals surface area contributed by atoms with Gasteiger partial charge < -0.3 is 19.7 Å². The monoisotopic (exact) mass is 347 g/mol. The second-order valence-electron chi connectivity index (χ2n) is 5.30. The molecule has 126 valence electrons. The average Bonchev–Trinajstić information content (AvgIpc) is 2.63. The van der Waals surface area contributed by atoms with Crippen LogP contribution in [-0.2, 0) is 4.74 Å². The van der Waals surface area contributed by atoms with Gasteiger partial charge in [0.2, 0.25) is 0 Å². The summed E-state index contributed by atoms with van der Waals surface area (Å²) in [7, 11) is 1.54. The van der Waals surface area contributed by atoms with Crippen LogP contribution in [-0.4, -0.2) is 44.3 Å². The van der Waals surface area contributed by atoms with Crippen LogP contribution in [0.25, 0.3) is 0 Å². The standard InChI is InChI=1S/C17H18ClN3O3/c1-23-16-3-2-12(18)10-14(16)20-17(22)15-11-13(4-5-19-15)21-6-8-24-9-7-21/h2-5,10-11H,6-9H2,1H3,(H,20,22). The van der Waals surface area contributed by atoms with Crippen molar-refractivity contribution in [3.8, 4) is 5.75 Å². The highest BCUT2D eigenvalue weighted by molar-refractivity contribution is 6.31.